The van der Waals surface area contributed by atoms with Crippen LogP contribution in [0.15, 0.2) is 28.7 Å². The lowest BCUT2D eigenvalue weighted by Gasteiger charge is -2.06. The Morgan fingerprint density at radius 2 is 2.33 bits per heavy atom. The molecule has 1 atom stereocenters. The van der Waals surface area contributed by atoms with E-state index in [2.05, 4.69) is 45.5 Å². The van der Waals surface area contributed by atoms with Crippen molar-refractivity contribution in [2.75, 3.05) is 6.54 Å². The molecule has 1 aromatic rings. The maximum absolute atomic E-state index is 3.50. The molecule has 0 aromatic heterocycles. The van der Waals surface area contributed by atoms with Gasteiger partial charge in [0.1, 0.15) is 6.04 Å². The van der Waals surface area contributed by atoms with Crippen LogP contribution in [0.2, 0.25) is 0 Å². The summed E-state index contributed by atoms with van der Waals surface area (Å²) in [5, 5.41) is 2.43. The summed E-state index contributed by atoms with van der Waals surface area (Å²) < 4.78 is 1.19. The maximum atomic E-state index is 3.50. The predicted octanol–water partition coefficient (Wildman–Crippen LogP) is 1.85. The minimum atomic E-state index is 0.711. The van der Waals surface area contributed by atoms with Crippen molar-refractivity contribution in [3.63, 3.8) is 0 Å². The van der Waals surface area contributed by atoms with Crippen LogP contribution in [0.3, 0.4) is 0 Å². The summed E-state index contributed by atoms with van der Waals surface area (Å²) in [5.41, 5.74) is 1.46. The largest absolute Gasteiger partial charge is 0.340 e. The van der Waals surface area contributed by atoms with E-state index in [1.54, 1.807) is 0 Å². The highest BCUT2D eigenvalue weighted by atomic mass is 79.9. The van der Waals surface area contributed by atoms with Crippen molar-refractivity contribution >= 4 is 15.9 Å². The summed E-state index contributed by atoms with van der Waals surface area (Å²) in [4.78, 5) is 0. The zero-order chi connectivity index (χ0) is 8.39. The molecule has 0 amide bonds. The molecule has 1 aliphatic heterocycles. The predicted molar refractivity (Wildman–Crippen MR) is 52.9 cm³/mol. The summed E-state index contributed by atoms with van der Waals surface area (Å²) in [5.74, 6) is 0. The zero-order valence-corrected chi connectivity index (χ0v) is 8.55. The van der Waals surface area contributed by atoms with Crippen molar-refractivity contribution in [1.82, 2.24) is 0 Å². The highest BCUT2D eigenvalue weighted by Gasteiger charge is 2.19. The number of halogens is 1. The van der Waals surface area contributed by atoms with Gasteiger partial charge in [0.2, 0.25) is 0 Å². The zero-order valence-electron chi connectivity index (χ0n) is 6.96. The van der Waals surface area contributed by atoms with Crippen molar-refractivity contribution in [3.8, 4) is 0 Å². The molecule has 0 spiro atoms. The minimum Gasteiger partial charge on any atom is -0.340 e. The lowest BCUT2D eigenvalue weighted by molar-refractivity contribution is -0.676. The average Bonchev–Trinajstić information content (AvgIpc) is 2.56. The first-order valence-corrected chi connectivity index (χ1v) is 5.24. The molecule has 1 saturated heterocycles. The van der Waals surface area contributed by atoms with Gasteiger partial charge in [-0.05, 0) is 12.1 Å². The van der Waals surface area contributed by atoms with E-state index in [1.165, 1.54) is 29.4 Å². The van der Waals surface area contributed by atoms with Crippen LogP contribution in [0.1, 0.15) is 24.4 Å². The molecular weight excluding hydrogens is 214 g/mol. The van der Waals surface area contributed by atoms with Crippen molar-refractivity contribution in [1.29, 1.82) is 0 Å². The maximum Gasteiger partial charge on any atom is 0.112 e. The fourth-order valence-corrected chi connectivity index (χ4v) is 2.23. The molecule has 0 aliphatic carbocycles. The summed E-state index contributed by atoms with van der Waals surface area (Å²) in [6.07, 6.45) is 2.69. The fraction of sp³-hybridized carbons (Fsp3) is 0.400. The second-order valence-electron chi connectivity index (χ2n) is 3.33. The minimum absolute atomic E-state index is 0.711. The average molecular weight is 227 g/mol. The quantitative estimate of drug-likeness (QED) is 0.754. The van der Waals surface area contributed by atoms with Gasteiger partial charge < -0.3 is 5.32 Å². The molecule has 64 valence electrons. The van der Waals surface area contributed by atoms with Crippen LogP contribution in [0.4, 0.5) is 0 Å². The van der Waals surface area contributed by atoms with E-state index in [0.717, 1.165) is 0 Å². The van der Waals surface area contributed by atoms with Crippen molar-refractivity contribution in [2.45, 2.75) is 18.9 Å². The molecule has 0 unspecified atom stereocenters. The molecule has 2 rings (SSSR count). The third-order valence-corrected chi connectivity index (χ3v) is 2.94. The van der Waals surface area contributed by atoms with E-state index in [-0.39, 0.29) is 0 Å². The van der Waals surface area contributed by atoms with Gasteiger partial charge in [0.25, 0.3) is 0 Å². The Balaban J connectivity index is 2.21. The summed E-state index contributed by atoms with van der Waals surface area (Å²) in [7, 11) is 0. The van der Waals surface area contributed by atoms with E-state index in [0.29, 0.717) is 6.04 Å². The van der Waals surface area contributed by atoms with Gasteiger partial charge in [0, 0.05) is 22.9 Å². The Kier molecular flexibility index (Phi) is 2.47. The van der Waals surface area contributed by atoms with E-state index in [1.807, 2.05) is 0 Å². The Hall–Kier alpha value is -0.340. The highest BCUT2D eigenvalue weighted by Crippen LogP contribution is 2.20. The fourth-order valence-electron chi connectivity index (χ4n) is 1.81. The Morgan fingerprint density at radius 3 is 3.00 bits per heavy atom. The lowest BCUT2D eigenvalue weighted by Crippen LogP contribution is -2.81. The smallest absolute Gasteiger partial charge is 0.112 e. The van der Waals surface area contributed by atoms with Gasteiger partial charge in [-0.2, -0.15) is 0 Å². The van der Waals surface area contributed by atoms with Gasteiger partial charge in [0.05, 0.1) is 6.54 Å². The first kappa shape index (κ1) is 8.27. The van der Waals surface area contributed by atoms with Gasteiger partial charge in [-0.25, -0.2) is 0 Å². The van der Waals surface area contributed by atoms with Crippen LogP contribution < -0.4 is 5.32 Å². The summed E-state index contributed by atoms with van der Waals surface area (Å²) in [6, 6.07) is 9.36. The Morgan fingerprint density at radius 1 is 1.42 bits per heavy atom. The van der Waals surface area contributed by atoms with Crippen LogP contribution >= 0.6 is 15.9 Å². The molecule has 12 heavy (non-hydrogen) atoms. The van der Waals surface area contributed by atoms with Crippen LogP contribution in [0, 0.1) is 0 Å². The van der Waals surface area contributed by atoms with Crippen LogP contribution in [-0.4, -0.2) is 6.54 Å². The van der Waals surface area contributed by atoms with Crippen LogP contribution in [0.5, 0.6) is 0 Å². The molecule has 0 saturated carbocycles. The number of benzene rings is 1. The molecule has 1 heterocycles. The standard InChI is InChI=1S/C10H12BrN/c11-9-4-1-3-8(7-9)10-5-2-6-12-10/h1,3-4,7,10,12H,2,5-6H2/p+1/t10-/m0/s1. The van der Waals surface area contributed by atoms with E-state index < -0.39 is 0 Å². The van der Waals surface area contributed by atoms with E-state index in [9.17, 15) is 0 Å². The van der Waals surface area contributed by atoms with E-state index >= 15 is 0 Å². The molecule has 1 fully saturated rings. The lowest BCUT2D eigenvalue weighted by atomic mass is 10.1. The molecule has 0 radical (unpaired) electrons. The molecule has 1 aromatic carbocycles. The Labute approximate surface area is 81.3 Å². The van der Waals surface area contributed by atoms with Crippen molar-refractivity contribution in [3.05, 3.63) is 34.3 Å². The van der Waals surface area contributed by atoms with Crippen LogP contribution in [0.25, 0.3) is 0 Å². The number of rotatable bonds is 1. The molecule has 2 heteroatoms. The highest BCUT2D eigenvalue weighted by molar-refractivity contribution is 9.10. The normalized spacial score (nSPS) is 22.9. The first-order chi connectivity index (χ1) is 5.86. The number of nitrogens with two attached hydrogens (primary N) is 1. The topological polar surface area (TPSA) is 16.6 Å². The molecular formula is C10H13BrN+. The molecule has 0 bridgehead atoms. The summed E-state index contributed by atoms with van der Waals surface area (Å²) in [6.45, 7) is 1.29. The van der Waals surface area contributed by atoms with Gasteiger partial charge in [-0.1, -0.05) is 28.1 Å². The Bertz CT molecular complexity index is 266. The van der Waals surface area contributed by atoms with Crippen molar-refractivity contribution < 1.29 is 5.32 Å². The third-order valence-electron chi connectivity index (χ3n) is 2.45. The second-order valence-corrected chi connectivity index (χ2v) is 4.24. The summed E-state index contributed by atoms with van der Waals surface area (Å²) >= 11 is 3.50. The van der Waals surface area contributed by atoms with Crippen molar-refractivity contribution in [2.24, 2.45) is 0 Å². The first-order valence-electron chi connectivity index (χ1n) is 4.45. The van der Waals surface area contributed by atoms with Crippen LogP contribution in [-0.2, 0) is 0 Å². The van der Waals surface area contributed by atoms with Gasteiger partial charge in [-0.15, -0.1) is 0 Å². The monoisotopic (exact) mass is 226 g/mol. The van der Waals surface area contributed by atoms with Gasteiger partial charge in [-0.3, -0.25) is 0 Å². The molecule has 2 N–H and O–H groups in total. The van der Waals surface area contributed by atoms with E-state index in [4.69, 9.17) is 0 Å². The third kappa shape index (κ3) is 1.70. The number of hydrogen-bond donors (Lipinski definition) is 1. The molecule has 1 nitrogen and oxygen atoms in total. The second kappa shape index (κ2) is 3.58. The van der Waals surface area contributed by atoms with Gasteiger partial charge in [0.15, 0.2) is 0 Å². The SMILES string of the molecule is Brc1cccc([C@@H]2CCC[NH2+]2)c1. The number of hydrogen-bond acceptors (Lipinski definition) is 0. The van der Waals surface area contributed by atoms with Gasteiger partial charge >= 0.3 is 0 Å². The molecule has 1 aliphatic rings. The number of quaternary nitrogens is 1.